The molecule has 3 aromatic rings. The number of halogens is 1. The van der Waals surface area contributed by atoms with Crippen molar-refractivity contribution in [3.8, 4) is 11.3 Å². The van der Waals surface area contributed by atoms with Crippen LogP contribution in [0.25, 0.3) is 16.9 Å². The first-order valence-electron chi connectivity index (χ1n) is 9.63. The van der Waals surface area contributed by atoms with Crippen molar-refractivity contribution in [2.75, 3.05) is 18.0 Å². The van der Waals surface area contributed by atoms with Gasteiger partial charge in [0.05, 0.1) is 11.4 Å². The van der Waals surface area contributed by atoms with Gasteiger partial charge < -0.3 is 10.2 Å². The van der Waals surface area contributed by atoms with Crippen LogP contribution in [0.15, 0.2) is 30.3 Å². The maximum atomic E-state index is 13.3. The van der Waals surface area contributed by atoms with Crippen LogP contribution in [-0.2, 0) is 13.1 Å². The Morgan fingerprint density at radius 3 is 2.56 bits per heavy atom. The van der Waals surface area contributed by atoms with Crippen LogP contribution in [0.3, 0.4) is 0 Å². The zero-order chi connectivity index (χ0) is 18.6. The highest BCUT2D eigenvalue weighted by atomic mass is 19.1. The molecule has 1 aromatic carbocycles. The summed E-state index contributed by atoms with van der Waals surface area (Å²) >= 11 is 0. The fourth-order valence-electron chi connectivity index (χ4n) is 4.11. The minimum Gasteiger partial charge on any atom is -0.356 e. The molecule has 0 saturated carbocycles. The van der Waals surface area contributed by atoms with E-state index in [9.17, 15) is 4.39 Å². The molecule has 4 heterocycles. The van der Waals surface area contributed by atoms with Crippen molar-refractivity contribution in [3.05, 3.63) is 47.4 Å². The number of piperidine rings is 1. The molecule has 6 heteroatoms. The third-order valence-electron chi connectivity index (χ3n) is 5.91. The third kappa shape index (κ3) is 2.88. The third-order valence-corrected chi connectivity index (χ3v) is 5.91. The number of nitrogens with one attached hydrogen (secondary N) is 1. The number of benzene rings is 1. The van der Waals surface area contributed by atoms with Gasteiger partial charge in [0.25, 0.3) is 0 Å². The van der Waals surface area contributed by atoms with Gasteiger partial charge >= 0.3 is 0 Å². The Morgan fingerprint density at radius 1 is 1.07 bits per heavy atom. The van der Waals surface area contributed by atoms with Gasteiger partial charge in [0.2, 0.25) is 0 Å². The molecule has 1 N–H and O–H groups in total. The summed E-state index contributed by atoms with van der Waals surface area (Å²) in [5.74, 6) is 0.936. The van der Waals surface area contributed by atoms with Crippen LogP contribution in [0.5, 0.6) is 0 Å². The van der Waals surface area contributed by atoms with E-state index in [2.05, 4.69) is 24.1 Å². The van der Waals surface area contributed by atoms with Gasteiger partial charge in [0, 0.05) is 43.4 Å². The monoisotopic (exact) mass is 365 g/mol. The average molecular weight is 365 g/mol. The van der Waals surface area contributed by atoms with E-state index in [4.69, 9.17) is 10.1 Å². The summed E-state index contributed by atoms with van der Waals surface area (Å²) in [5, 5.41) is 8.29. The number of fused-ring (bicyclic) bond motifs is 2. The number of rotatable bonds is 2. The predicted octanol–water partition coefficient (Wildman–Crippen LogP) is 3.77. The second-order valence-electron chi connectivity index (χ2n) is 8.42. The van der Waals surface area contributed by atoms with Gasteiger partial charge in [-0.3, -0.25) is 0 Å². The Hall–Kier alpha value is -2.47. The lowest BCUT2D eigenvalue weighted by Crippen LogP contribution is -2.39. The lowest BCUT2D eigenvalue weighted by molar-refractivity contribution is 0.278. The minimum absolute atomic E-state index is 0.234. The van der Waals surface area contributed by atoms with Gasteiger partial charge in [-0.05, 0) is 42.5 Å². The van der Waals surface area contributed by atoms with Crippen molar-refractivity contribution >= 4 is 11.5 Å². The maximum absolute atomic E-state index is 13.3. The number of anilines is 1. The summed E-state index contributed by atoms with van der Waals surface area (Å²) in [6, 6.07) is 8.50. The van der Waals surface area contributed by atoms with E-state index < -0.39 is 0 Å². The summed E-state index contributed by atoms with van der Waals surface area (Å²) in [7, 11) is 0. The van der Waals surface area contributed by atoms with Gasteiger partial charge in [-0.15, -0.1) is 0 Å². The molecule has 140 valence electrons. The number of aromatic nitrogens is 3. The van der Waals surface area contributed by atoms with E-state index in [1.54, 1.807) is 12.1 Å². The second-order valence-corrected chi connectivity index (χ2v) is 8.42. The van der Waals surface area contributed by atoms with Crippen molar-refractivity contribution in [1.82, 2.24) is 19.9 Å². The van der Waals surface area contributed by atoms with Crippen LogP contribution in [-0.4, -0.2) is 27.7 Å². The minimum atomic E-state index is -0.234. The molecular weight excluding hydrogens is 341 g/mol. The molecule has 5 nitrogen and oxygen atoms in total. The molecule has 2 aliphatic rings. The number of hydrogen-bond acceptors (Lipinski definition) is 4. The largest absolute Gasteiger partial charge is 0.356 e. The molecule has 0 radical (unpaired) electrons. The van der Waals surface area contributed by atoms with Crippen molar-refractivity contribution in [1.29, 1.82) is 0 Å². The summed E-state index contributed by atoms with van der Waals surface area (Å²) in [4.78, 5) is 7.31. The van der Waals surface area contributed by atoms with Crippen LogP contribution in [0.4, 0.5) is 10.2 Å². The molecule has 0 aliphatic carbocycles. The van der Waals surface area contributed by atoms with Crippen LogP contribution in [0, 0.1) is 11.2 Å². The highest BCUT2D eigenvalue weighted by Crippen LogP contribution is 2.36. The van der Waals surface area contributed by atoms with E-state index >= 15 is 0 Å². The van der Waals surface area contributed by atoms with Crippen molar-refractivity contribution in [3.63, 3.8) is 0 Å². The van der Waals surface area contributed by atoms with Crippen molar-refractivity contribution < 1.29 is 4.39 Å². The highest BCUT2D eigenvalue weighted by Gasteiger charge is 2.30. The van der Waals surface area contributed by atoms with Gasteiger partial charge in [-0.1, -0.05) is 13.8 Å². The van der Waals surface area contributed by atoms with Gasteiger partial charge in [-0.2, -0.15) is 9.61 Å². The fourth-order valence-corrected chi connectivity index (χ4v) is 4.11. The molecule has 1 fully saturated rings. The molecule has 0 amide bonds. The van der Waals surface area contributed by atoms with Crippen LogP contribution in [0.1, 0.15) is 37.9 Å². The molecule has 0 atom stereocenters. The number of hydrogen-bond donors (Lipinski definition) is 1. The smallest absolute Gasteiger partial charge is 0.158 e. The quantitative estimate of drug-likeness (QED) is 0.751. The van der Waals surface area contributed by atoms with Crippen LogP contribution in [0.2, 0.25) is 0 Å². The standard InChI is InChI=1S/C21H24FN5/c1-21(2)7-9-26(10-8-21)20-16-12-23-13-18(16)24-19-11-17(25-27(19)20)14-3-5-15(22)6-4-14/h3-6,11,23H,7-10,12-13H2,1-2H3. The second kappa shape index (κ2) is 6.02. The Kier molecular flexibility index (Phi) is 3.72. The van der Waals surface area contributed by atoms with E-state index in [0.717, 1.165) is 48.8 Å². The Bertz CT molecular complexity index is 996. The van der Waals surface area contributed by atoms with Gasteiger partial charge in [-0.25, -0.2) is 9.37 Å². The SMILES string of the molecule is CC1(C)CCN(c2c3c(nc4cc(-c5ccc(F)cc5)nn24)CNC3)CC1. The summed E-state index contributed by atoms with van der Waals surface area (Å²) in [6.45, 7) is 8.39. The van der Waals surface area contributed by atoms with E-state index in [1.807, 2.05) is 10.6 Å². The van der Waals surface area contributed by atoms with Gasteiger partial charge in [0.15, 0.2) is 5.65 Å². The first-order valence-corrected chi connectivity index (χ1v) is 9.63. The Balaban J connectivity index is 1.63. The lowest BCUT2D eigenvalue weighted by atomic mass is 9.82. The summed E-state index contributed by atoms with van der Waals surface area (Å²) < 4.78 is 15.3. The average Bonchev–Trinajstić information content (AvgIpc) is 3.27. The zero-order valence-electron chi connectivity index (χ0n) is 15.8. The first kappa shape index (κ1) is 16.7. The normalized spacial score (nSPS) is 18.9. The molecule has 0 spiro atoms. The summed E-state index contributed by atoms with van der Waals surface area (Å²) in [6.07, 6.45) is 2.34. The van der Waals surface area contributed by atoms with E-state index in [-0.39, 0.29) is 5.82 Å². The predicted molar refractivity (Wildman–Crippen MR) is 104 cm³/mol. The fraction of sp³-hybridized carbons (Fsp3) is 0.429. The maximum Gasteiger partial charge on any atom is 0.158 e. The Morgan fingerprint density at radius 2 is 1.81 bits per heavy atom. The molecule has 27 heavy (non-hydrogen) atoms. The molecule has 2 aliphatic heterocycles. The topological polar surface area (TPSA) is 45.5 Å². The highest BCUT2D eigenvalue weighted by molar-refractivity contribution is 5.67. The Labute approximate surface area is 158 Å². The molecule has 2 aromatic heterocycles. The van der Waals surface area contributed by atoms with Crippen LogP contribution < -0.4 is 10.2 Å². The lowest BCUT2D eigenvalue weighted by Gasteiger charge is -2.38. The van der Waals surface area contributed by atoms with Crippen molar-refractivity contribution in [2.24, 2.45) is 5.41 Å². The van der Waals surface area contributed by atoms with E-state index in [0.29, 0.717) is 5.41 Å². The molecule has 0 unspecified atom stereocenters. The molecule has 0 bridgehead atoms. The zero-order valence-corrected chi connectivity index (χ0v) is 15.8. The van der Waals surface area contributed by atoms with Crippen LogP contribution >= 0.6 is 0 Å². The van der Waals surface area contributed by atoms with Gasteiger partial charge in [0.1, 0.15) is 11.6 Å². The molecular formula is C21H24FN5. The summed E-state index contributed by atoms with van der Waals surface area (Å²) in [5.41, 5.74) is 5.37. The first-order chi connectivity index (χ1) is 13.0. The van der Waals surface area contributed by atoms with E-state index in [1.165, 1.54) is 36.4 Å². The van der Waals surface area contributed by atoms with Crippen molar-refractivity contribution in [2.45, 2.75) is 39.8 Å². The molecule has 5 rings (SSSR count). The number of nitrogens with zero attached hydrogens (tertiary/aromatic N) is 4. The molecule has 1 saturated heterocycles.